The molecule has 4 heteroatoms. The number of likely N-dealkylation sites (tertiary alicyclic amines) is 1. The van der Waals surface area contributed by atoms with Crippen LogP contribution in [0.25, 0.3) is 10.8 Å². The van der Waals surface area contributed by atoms with Crippen LogP contribution in [0.5, 0.6) is 5.88 Å². The fourth-order valence-electron chi connectivity index (χ4n) is 2.60. The Labute approximate surface area is 121 Å². The molecule has 19 heavy (non-hydrogen) atoms. The zero-order chi connectivity index (χ0) is 13.2. The highest BCUT2D eigenvalue weighted by Gasteiger charge is 2.21. The van der Waals surface area contributed by atoms with Crippen LogP contribution in [0.3, 0.4) is 0 Å². The zero-order valence-electron chi connectivity index (χ0n) is 11.0. The lowest BCUT2D eigenvalue weighted by atomic mass is 10.2. The van der Waals surface area contributed by atoms with Crippen molar-refractivity contribution in [3.63, 3.8) is 0 Å². The van der Waals surface area contributed by atoms with E-state index in [9.17, 15) is 0 Å². The molecule has 0 spiro atoms. The van der Waals surface area contributed by atoms with Crippen molar-refractivity contribution in [2.24, 2.45) is 0 Å². The van der Waals surface area contributed by atoms with E-state index in [1.54, 1.807) is 0 Å². The molecule has 0 radical (unpaired) electrons. The molecule has 3 nitrogen and oxygen atoms in total. The van der Waals surface area contributed by atoms with Crippen molar-refractivity contribution >= 4 is 26.7 Å². The van der Waals surface area contributed by atoms with Gasteiger partial charge in [0.1, 0.15) is 6.61 Å². The Balaban J connectivity index is 1.81. The van der Waals surface area contributed by atoms with Gasteiger partial charge in [0.15, 0.2) is 0 Å². The predicted molar refractivity (Wildman–Crippen MR) is 80.6 cm³/mol. The van der Waals surface area contributed by atoms with E-state index in [0.717, 1.165) is 27.7 Å². The minimum absolute atomic E-state index is 0.521. The maximum Gasteiger partial charge on any atom is 0.221 e. The fourth-order valence-corrected chi connectivity index (χ4v) is 2.98. The molecule has 1 aromatic heterocycles. The maximum atomic E-state index is 5.95. The first-order chi connectivity index (χ1) is 9.24. The molecule has 0 aliphatic carbocycles. The monoisotopic (exact) mass is 320 g/mol. The lowest BCUT2D eigenvalue weighted by molar-refractivity contribution is 0.195. The second kappa shape index (κ2) is 5.47. The van der Waals surface area contributed by atoms with E-state index < -0.39 is 0 Å². The van der Waals surface area contributed by atoms with Gasteiger partial charge in [-0.3, -0.25) is 0 Å². The van der Waals surface area contributed by atoms with Crippen LogP contribution < -0.4 is 4.74 Å². The molecule has 1 unspecified atom stereocenters. The van der Waals surface area contributed by atoms with Gasteiger partial charge in [0, 0.05) is 22.1 Å². The molecule has 3 rings (SSSR count). The van der Waals surface area contributed by atoms with Crippen molar-refractivity contribution in [3.05, 3.63) is 34.9 Å². The number of halogens is 1. The lowest BCUT2D eigenvalue weighted by Crippen LogP contribution is -2.30. The molecule has 0 amide bonds. The van der Waals surface area contributed by atoms with Crippen molar-refractivity contribution in [2.75, 3.05) is 20.2 Å². The summed E-state index contributed by atoms with van der Waals surface area (Å²) in [7, 11) is 2.16. The first-order valence-electron chi connectivity index (χ1n) is 6.61. The van der Waals surface area contributed by atoms with Crippen LogP contribution in [0.15, 0.2) is 34.9 Å². The van der Waals surface area contributed by atoms with Crippen LogP contribution in [-0.2, 0) is 0 Å². The molecular formula is C15H17BrN2O. The molecule has 2 heterocycles. The first-order valence-corrected chi connectivity index (χ1v) is 7.40. The molecule has 0 saturated carbocycles. The Morgan fingerprint density at radius 3 is 3.11 bits per heavy atom. The Hall–Kier alpha value is -1.13. The molecule has 0 bridgehead atoms. The van der Waals surface area contributed by atoms with Gasteiger partial charge in [-0.05, 0) is 56.1 Å². The Morgan fingerprint density at radius 2 is 2.32 bits per heavy atom. The largest absolute Gasteiger partial charge is 0.476 e. The number of benzene rings is 1. The second-order valence-corrected chi connectivity index (χ2v) is 5.98. The third-order valence-corrected chi connectivity index (χ3v) is 4.27. The Kier molecular flexibility index (Phi) is 3.71. The van der Waals surface area contributed by atoms with Crippen LogP contribution in [-0.4, -0.2) is 36.1 Å². The second-order valence-electron chi connectivity index (χ2n) is 5.07. The highest BCUT2D eigenvalue weighted by Crippen LogP contribution is 2.26. The highest BCUT2D eigenvalue weighted by molar-refractivity contribution is 9.10. The van der Waals surface area contributed by atoms with Gasteiger partial charge < -0.3 is 9.64 Å². The number of aromatic nitrogens is 1. The number of nitrogens with zero attached hydrogens (tertiary/aromatic N) is 2. The van der Waals surface area contributed by atoms with E-state index in [1.807, 2.05) is 18.3 Å². The molecule has 1 aromatic carbocycles. The summed E-state index contributed by atoms with van der Waals surface area (Å²) in [4.78, 5) is 6.73. The van der Waals surface area contributed by atoms with Crippen LogP contribution >= 0.6 is 15.9 Å². The van der Waals surface area contributed by atoms with Gasteiger partial charge in [-0.25, -0.2) is 4.98 Å². The molecular weight excluding hydrogens is 304 g/mol. The van der Waals surface area contributed by atoms with E-state index >= 15 is 0 Å². The summed E-state index contributed by atoms with van der Waals surface area (Å²) in [6, 6.07) is 8.70. The summed E-state index contributed by atoms with van der Waals surface area (Å²) in [5.74, 6) is 0.741. The van der Waals surface area contributed by atoms with E-state index in [1.165, 1.54) is 19.4 Å². The molecule has 1 aliphatic heterocycles. The normalized spacial score (nSPS) is 20.0. The lowest BCUT2D eigenvalue weighted by Gasteiger charge is -2.19. The number of pyridine rings is 1. The van der Waals surface area contributed by atoms with Crippen LogP contribution in [0.1, 0.15) is 12.8 Å². The molecule has 1 atom stereocenters. The van der Waals surface area contributed by atoms with E-state index in [2.05, 4.69) is 45.0 Å². The van der Waals surface area contributed by atoms with E-state index in [4.69, 9.17) is 4.74 Å². The number of likely N-dealkylation sites (N-methyl/N-ethyl adjacent to an activating group) is 1. The van der Waals surface area contributed by atoms with Gasteiger partial charge in [0.05, 0.1) is 0 Å². The minimum atomic E-state index is 0.521. The quantitative estimate of drug-likeness (QED) is 0.865. The fraction of sp³-hybridized carbons (Fsp3) is 0.400. The SMILES string of the molecule is CN1CCCC1COc1nccc2cc(Br)ccc12. The summed E-state index contributed by atoms with van der Waals surface area (Å²) in [6.07, 6.45) is 4.29. The predicted octanol–water partition coefficient (Wildman–Crippen LogP) is 3.47. The van der Waals surface area contributed by atoms with Crippen molar-refractivity contribution < 1.29 is 4.74 Å². The Morgan fingerprint density at radius 1 is 1.42 bits per heavy atom. The number of rotatable bonds is 3. The number of hydrogen-bond acceptors (Lipinski definition) is 3. The third-order valence-electron chi connectivity index (χ3n) is 3.77. The summed E-state index contributed by atoms with van der Waals surface area (Å²) in [5.41, 5.74) is 0. The topological polar surface area (TPSA) is 25.4 Å². The summed E-state index contributed by atoms with van der Waals surface area (Å²) in [6.45, 7) is 1.89. The zero-order valence-corrected chi connectivity index (χ0v) is 12.6. The van der Waals surface area contributed by atoms with Crippen LogP contribution in [0.2, 0.25) is 0 Å². The molecule has 2 aromatic rings. The van der Waals surface area contributed by atoms with Crippen molar-refractivity contribution in [1.82, 2.24) is 9.88 Å². The standard InChI is InChI=1S/C15H17BrN2O/c1-18-8-2-3-13(18)10-19-15-14-5-4-12(16)9-11(14)6-7-17-15/h4-7,9,13H,2-3,8,10H2,1H3. The first kappa shape index (κ1) is 12.9. The molecule has 100 valence electrons. The van der Waals surface area contributed by atoms with Gasteiger partial charge in [-0.2, -0.15) is 0 Å². The van der Waals surface area contributed by atoms with Gasteiger partial charge in [0.25, 0.3) is 0 Å². The molecule has 1 aliphatic rings. The van der Waals surface area contributed by atoms with Crippen molar-refractivity contribution in [1.29, 1.82) is 0 Å². The summed E-state index contributed by atoms with van der Waals surface area (Å²) in [5, 5.41) is 2.23. The van der Waals surface area contributed by atoms with E-state index in [0.29, 0.717) is 6.04 Å². The van der Waals surface area contributed by atoms with Crippen molar-refractivity contribution in [3.8, 4) is 5.88 Å². The van der Waals surface area contributed by atoms with Gasteiger partial charge >= 0.3 is 0 Å². The summed E-state index contributed by atoms with van der Waals surface area (Å²) >= 11 is 3.49. The minimum Gasteiger partial charge on any atom is -0.476 e. The maximum absolute atomic E-state index is 5.95. The van der Waals surface area contributed by atoms with Crippen molar-refractivity contribution in [2.45, 2.75) is 18.9 Å². The van der Waals surface area contributed by atoms with Gasteiger partial charge in [-0.15, -0.1) is 0 Å². The summed E-state index contributed by atoms with van der Waals surface area (Å²) < 4.78 is 7.02. The highest BCUT2D eigenvalue weighted by atomic mass is 79.9. The number of hydrogen-bond donors (Lipinski definition) is 0. The average molecular weight is 321 g/mol. The average Bonchev–Trinajstić information content (AvgIpc) is 2.81. The van der Waals surface area contributed by atoms with Gasteiger partial charge in [0.2, 0.25) is 5.88 Å². The molecule has 1 fully saturated rings. The van der Waals surface area contributed by atoms with Gasteiger partial charge in [-0.1, -0.05) is 15.9 Å². The van der Waals surface area contributed by atoms with Crippen LogP contribution in [0.4, 0.5) is 0 Å². The van der Waals surface area contributed by atoms with Crippen LogP contribution in [0, 0.1) is 0 Å². The third kappa shape index (κ3) is 2.74. The number of ether oxygens (including phenoxy) is 1. The van der Waals surface area contributed by atoms with E-state index in [-0.39, 0.29) is 0 Å². The number of fused-ring (bicyclic) bond motifs is 1. The molecule has 0 N–H and O–H groups in total. The Bertz CT molecular complexity index is 587. The molecule has 1 saturated heterocycles. The smallest absolute Gasteiger partial charge is 0.221 e.